The summed E-state index contributed by atoms with van der Waals surface area (Å²) in [5, 5.41) is 11.1. The van der Waals surface area contributed by atoms with Crippen LogP contribution in [-0.4, -0.2) is 29.3 Å². The maximum absolute atomic E-state index is 12.6. The first kappa shape index (κ1) is 20.3. The standard InChI is InChI=1S/C22H18ClF3N2O2/c23-18-4-2-1-3-17(18)14-5-7-19(20(29)11-14)28-10-9-16(13-28)30-21-8-6-15(12-27-21)22(24,25)26/h1-8,11-12,16,29H,9-10,13H2/t16-/m0/s1. The number of phenolic OH excluding ortho intramolecular Hbond substituents is 1. The normalized spacial score (nSPS) is 16.7. The molecule has 0 bridgehead atoms. The van der Waals surface area contributed by atoms with Crippen molar-refractivity contribution in [2.24, 2.45) is 0 Å². The summed E-state index contributed by atoms with van der Waals surface area (Å²) in [5.74, 6) is 0.272. The Morgan fingerprint density at radius 2 is 1.90 bits per heavy atom. The van der Waals surface area contributed by atoms with Crippen LogP contribution in [0.2, 0.25) is 5.02 Å². The number of aromatic hydroxyl groups is 1. The van der Waals surface area contributed by atoms with Crippen LogP contribution < -0.4 is 9.64 Å². The van der Waals surface area contributed by atoms with Crippen LogP contribution in [0, 0.1) is 0 Å². The minimum atomic E-state index is -4.43. The van der Waals surface area contributed by atoms with E-state index < -0.39 is 11.7 Å². The number of nitrogens with zero attached hydrogens (tertiary/aromatic N) is 2. The first-order chi connectivity index (χ1) is 14.3. The van der Waals surface area contributed by atoms with Gasteiger partial charge in [0.05, 0.1) is 17.8 Å². The largest absolute Gasteiger partial charge is 0.506 e. The molecule has 4 rings (SSSR count). The summed E-state index contributed by atoms with van der Waals surface area (Å²) in [6.45, 7) is 1.13. The van der Waals surface area contributed by atoms with Crippen molar-refractivity contribution in [1.82, 2.24) is 4.98 Å². The first-order valence-electron chi connectivity index (χ1n) is 9.34. The molecule has 1 aromatic heterocycles. The summed E-state index contributed by atoms with van der Waals surface area (Å²) in [7, 11) is 0. The summed E-state index contributed by atoms with van der Waals surface area (Å²) < 4.78 is 43.6. The molecule has 30 heavy (non-hydrogen) atoms. The minimum Gasteiger partial charge on any atom is -0.506 e. The summed E-state index contributed by atoms with van der Waals surface area (Å²) in [4.78, 5) is 5.73. The molecule has 2 aromatic carbocycles. The fourth-order valence-electron chi connectivity index (χ4n) is 3.49. The van der Waals surface area contributed by atoms with E-state index in [0.29, 0.717) is 30.2 Å². The second kappa shape index (κ2) is 8.07. The van der Waals surface area contributed by atoms with Crippen LogP contribution in [0.4, 0.5) is 18.9 Å². The lowest BCUT2D eigenvalue weighted by Crippen LogP contribution is -2.24. The van der Waals surface area contributed by atoms with E-state index in [0.717, 1.165) is 23.4 Å². The highest BCUT2D eigenvalue weighted by Crippen LogP contribution is 2.37. The molecule has 0 saturated carbocycles. The van der Waals surface area contributed by atoms with Crippen LogP contribution in [0.3, 0.4) is 0 Å². The molecule has 156 valence electrons. The average molecular weight is 435 g/mol. The van der Waals surface area contributed by atoms with E-state index in [-0.39, 0.29) is 17.7 Å². The van der Waals surface area contributed by atoms with Crippen molar-refractivity contribution in [2.75, 3.05) is 18.0 Å². The molecule has 2 heterocycles. The van der Waals surface area contributed by atoms with Gasteiger partial charge in [-0.3, -0.25) is 0 Å². The van der Waals surface area contributed by atoms with Crippen molar-refractivity contribution < 1.29 is 23.0 Å². The number of anilines is 1. The van der Waals surface area contributed by atoms with Crippen molar-refractivity contribution in [1.29, 1.82) is 0 Å². The van der Waals surface area contributed by atoms with Crippen molar-refractivity contribution in [3.8, 4) is 22.8 Å². The number of hydrogen-bond acceptors (Lipinski definition) is 4. The minimum absolute atomic E-state index is 0.126. The molecule has 1 aliphatic heterocycles. The van der Waals surface area contributed by atoms with Gasteiger partial charge in [-0.15, -0.1) is 0 Å². The van der Waals surface area contributed by atoms with Crippen LogP contribution in [0.5, 0.6) is 11.6 Å². The van der Waals surface area contributed by atoms with Crippen molar-refractivity contribution in [3.63, 3.8) is 0 Å². The Kier molecular flexibility index (Phi) is 5.47. The molecule has 4 nitrogen and oxygen atoms in total. The molecule has 1 aliphatic rings. The topological polar surface area (TPSA) is 45.6 Å². The van der Waals surface area contributed by atoms with Crippen molar-refractivity contribution in [3.05, 3.63) is 71.4 Å². The lowest BCUT2D eigenvalue weighted by molar-refractivity contribution is -0.137. The third-order valence-corrected chi connectivity index (χ3v) is 5.33. The molecule has 0 aliphatic carbocycles. The molecule has 1 fully saturated rings. The molecule has 0 unspecified atom stereocenters. The number of ether oxygens (including phenoxy) is 1. The zero-order valence-corrected chi connectivity index (χ0v) is 16.5. The average Bonchev–Trinajstić information content (AvgIpc) is 3.16. The van der Waals surface area contributed by atoms with Gasteiger partial charge in [0.25, 0.3) is 0 Å². The van der Waals surface area contributed by atoms with Crippen LogP contribution in [-0.2, 0) is 6.18 Å². The number of hydrogen-bond donors (Lipinski definition) is 1. The third-order valence-electron chi connectivity index (χ3n) is 5.00. The SMILES string of the molecule is Oc1cc(-c2ccccc2Cl)ccc1N1CC[C@H](Oc2ccc(C(F)(F)F)cn2)C1. The summed E-state index contributed by atoms with van der Waals surface area (Å²) in [5.41, 5.74) is 1.49. The van der Waals surface area contributed by atoms with E-state index in [4.69, 9.17) is 16.3 Å². The second-order valence-corrected chi connectivity index (χ2v) is 7.45. The summed E-state index contributed by atoms with van der Waals surface area (Å²) >= 11 is 6.23. The van der Waals surface area contributed by atoms with Crippen LogP contribution >= 0.6 is 11.6 Å². The van der Waals surface area contributed by atoms with Crippen molar-refractivity contribution in [2.45, 2.75) is 18.7 Å². The molecular weight excluding hydrogens is 417 g/mol. The van der Waals surface area contributed by atoms with Crippen LogP contribution in [0.1, 0.15) is 12.0 Å². The second-order valence-electron chi connectivity index (χ2n) is 7.04. The Morgan fingerprint density at radius 3 is 2.57 bits per heavy atom. The Balaban J connectivity index is 1.44. The monoisotopic (exact) mass is 434 g/mol. The molecular formula is C22H18ClF3N2O2. The Labute approximate surface area is 176 Å². The molecule has 1 N–H and O–H groups in total. The number of pyridine rings is 1. The fourth-order valence-corrected chi connectivity index (χ4v) is 3.73. The van der Waals surface area contributed by atoms with Gasteiger partial charge in [-0.25, -0.2) is 4.98 Å². The van der Waals surface area contributed by atoms with Gasteiger partial charge >= 0.3 is 6.18 Å². The van der Waals surface area contributed by atoms with E-state index in [1.165, 1.54) is 6.07 Å². The van der Waals surface area contributed by atoms with Gasteiger partial charge in [0.1, 0.15) is 11.9 Å². The zero-order valence-electron chi connectivity index (χ0n) is 15.7. The number of alkyl halides is 3. The highest BCUT2D eigenvalue weighted by Gasteiger charge is 2.31. The number of aromatic nitrogens is 1. The van der Waals surface area contributed by atoms with Gasteiger partial charge in [-0.1, -0.05) is 35.9 Å². The van der Waals surface area contributed by atoms with Gasteiger partial charge in [0.15, 0.2) is 0 Å². The first-order valence-corrected chi connectivity index (χ1v) is 9.72. The Hall–Kier alpha value is -2.93. The molecule has 1 atom stereocenters. The summed E-state index contributed by atoms with van der Waals surface area (Å²) in [6.07, 6.45) is -3.24. The number of halogens is 4. The number of rotatable bonds is 4. The molecule has 0 amide bonds. The Bertz CT molecular complexity index is 1040. The Morgan fingerprint density at radius 1 is 1.10 bits per heavy atom. The lowest BCUT2D eigenvalue weighted by atomic mass is 10.0. The highest BCUT2D eigenvalue weighted by molar-refractivity contribution is 6.33. The molecule has 0 radical (unpaired) electrons. The van der Waals surface area contributed by atoms with Crippen molar-refractivity contribution >= 4 is 17.3 Å². The number of phenols is 1. The van der Waals surface area contributed by atoms with Crippen LogP contribution in [0.15, 0.2) is 60.8 Å². The van der Waals surface area contributed by atoms with E-state index in [1.807, 2.05) is 35.2 Å². The van der Waals surface area contributed by atoms with E-state index in [9.17, 15) is 18.3 Å². The quantitative estimate of drug-likeness (QED) is 0.565. The van der Waals surface area contributed by atoms with Gasteiger partial charge in [0.2, 0.25) is 5.88 Å². The van der Waals surface area contributed by atoms with E-state index in [2.05, 4.69) is 4.98 Å². The lowest BCUT2D eigenvalue weighted by Gasteiger charge is -2.20. The van der Waals surface area contributed by atoms with E-state index in [1.54, 1.807) is 12.1 Å². The molecule has 0 spiro atoms. The van der Waals surface area contributed by atoms with Crippen LogP contribution in [0.25, 0.3) is 11.1 Å². The molecule has 8 heteroatoms. The number of benzene rings is 2. The van der Waals surface area contributed by atoms with Gasteiger partial charge in [0, 0.05) is 35.8 Å². The van der Waals surface area contributed by atoms with Gasteiger partial charge in [-0.05, 0) is 29.8 Å². The van der Waals surface area contributed by atoms with Gasteiger partial charge < -0.3 is 14.7 Å². The maximum Gasteiger partial charge on any atom is 0.417 e. The highest BCUT2D eigenvalue weighted by atomic mass is 35.5. The predicted octanol–water partition coefficient (Wildman–Crippen LogP) is 5.78. The summed E-state index contributed by atoms with van der Waals surface area (Å²) in [6, 6.07) is 15.0. The predicted molar refractivity (Wildman–Crippen MR) is 109 cm³/mol. The third kappa shape index (κ3) is 4.31. The molecule has 3 aromatic rings. The van der Waals surface area contributed by atoms with Gasteiger partial charge in [-0.2, -0.15) is 13.2 Å². The molecule has 1 saturated heterocycles. The smallest absolute Gasteiger partial charge is 0.417 e. The fraction of sp³-hybridized carbons (Fsp3) is 0.227. The zero-order chi connectivity index (χ0) is 21.3. The van der Waals surface area contributed by atoms with E-state index >= 15 is 0 Å². The maximum atomic E-state index is 12.6.